The Morgan fingerprint density at radius 3 is 1.68 bits per heavy atom. The van der Waals surface area contributed by atoms with Crippen LogP contribution in [-0.2, 0) is 6.42 Å². The van der Waals surface area contributed by atoms with Crippen molar-refractivity contribution in [3.05, 3.63) is 126 Å². The van der Waals surface area contributed by atoms with Crippen molar-refractivity contribution in [1.29, 1.82) is 0 Å². The molecule has 1 aliphatic rings. The lowest BCUT2D eigenvalue weighted by atomic mass is 9.81. The van der Waals surface area contributed by atoms with Gasteiger partial charge in [0.15, 0.2) is 23.0 Å². The molecule has 0 bridgehead atoms. The number of furan rings is 1. The van der Waals surface area contributed by atoms with E-state index in [-0.39, 0.29) is 32.7 Å². The van der Waals surface area contributed by atoms with Crippen molar-refractivity contribution in [2.75, 3.05) is 0 Å². The zero-order chi connectivity index (χ0) is 41.3. The van der Waals surface area contributed by atoms with Gasteiger partial charge in [-0.1, -0.05) is 110 Å². The molecule has 1 unspecified atom stereocenters. The summed E-state index contributed by atoms with van der Waals surface area (Å²) in [5, 5.41) is 96.6. The maximum Gasteiger partial charge on any atom is 0.204 e. The summed E-state index contributed by atoms with van der Waals surface area (Å²) in [5.74, 6) is -7.08. The van der Waals surface area contributed by atoms with Crippen molar-refractivity contribution in [3.63, 3.8) is 0 Å². The lowest BCUT2D eigenvalue weighted by molar-refractivity contribution is 0.350. The molecule has 9 aromatic carbocycles. The van der Waals surface area contributed by atoms with Gasteiger partial charge in [-0.2, -0.15) is 0 Å². The molecular weight excluding hydrogens is 757 g/mol. The van der Waals surface area contributed by atoms with Crippen molar-refractivity contribution >= 4 is 71.1 Å². The average molecular weight is 791 g/mol. The first kappa shape index (κ1) is 35.1. The molecule has 0 amide bonds. The van der Waals surface area contributed by atoms with Crippen molar-refractivity contribution < 1.29 is 45.3 Å². The van der Waals surface area contributed by atoms with E-state index in [1.165, 1.54) is 0 Å². The topological polar surface area (TPSA) is 175 Å². The highest BCUT2D eigenvalue weighted by atomic mass is 16.4. The zero-order valence-electron chi connectivity index (χ0n) is 31.8. The Kier molecular flexibility index (Phi) is 7.31. The Balaban J connectivity index is 1.30. The highest BCUT2D eigenvalue weighted by Crippen LogP contribution is 2.62. The summed E-state index contributed by atoms with van der Waals surface area (Å²) >= 11 is 0. The fourth-order valence-electron chi connectivity index (χ4n) is 9.52. The van der Waals surface area contributed by atoms with Gasteiger partial charge in [-0.3, -0.25) is 0 Å². The molecule has 292 valence electrons. The van der Waals surface area contributed by atoms with E-state index in [9.17, 15) is 40.9 Å². The molecule has 0 radical (unpaired) electrons. The summed E-state index contributed by atoms with van der Waals surface area (Å²) in [4.78, 5) is 0. The molecule has 9 nitrogen and oxygen atoms in total. The Morgan fingerprint density at radius 2 is 1.02 bits per heavy atom. The summed E-state index contributed by atoms with van der Waals surface area (Å²) in [5.41, 5.74) is 5.72. The summed E-state index contributed by atoms with van der Waals surface area (Å²) in [7, 11) is 0. The first-order chi connectivity index (χ1) is 29.0. The van der Waals surface area contributed by atoms with Crippen LogP contribution in [0.5, 0.6) is 46.0 Å². The molecule has 10 aromatic rings. The van der Waals surface area contributed by atoms with Gasteiger partial charge < -0.3 is 45.3 Å². The number of allylic oxidation sites excluding steroid dienone is 1. The molecule has 1 aromatic heterocycles. The number of aromatic hydroxyl groups is 8. The molecule has 9 heteroatoms. The predicted octanol–water partition coefficient (Wildman–Crippen LogP) is 12.0. The largest absolute Gasteiger partial charge is 0.504 e. The Bertz CT molecular complexity index is 3500. The number of phenolic OH excluding ortho intramolecular Hbond substituents is 8. The number of fused-ring (bicyclic) bond motifs is 9. The van der Waals surface area contributed by atoms with E-state index in [1.807, 2.05) is 84.9 Å². The van der Waals surface area contributed by atoms with Crippen LogP contribution in [0.3, 0.4) is 0 Å². The second kappa shape index (κ2) is 12.5. The number of rotatable bonds is 3. The van der Waals surface area contributed by atoms with E-state index < -0.39 is 46.0 Å². The Hall–Kier alpha value is -8.04. The number of hydrogen-bond acceptors (Lipinski definition) is 9. The minimum atomic E-state index is -1.02. The maximum atomic E-state index is 11.9. The van der Waals surface area contributed by atoms with Gasteiger partial charge in [-0.25, -0.2) is 0 Å². The minimum Gasteiger partial charge on any atom is -0.504 e. The zero-order valence-corrected chi connectivity index (χ0v) is 31.8. The van der Waals surface area contributed by atoms with Crippen LogP contribution in [-0.4, -0.2) is 40.9 Å². The number of hydrogen-bond donors (Lipinski definition) is 8. The first-order valence-corrected chi connectivity index (χ1v) is 19.4. The number of phenols is 8. The van der Waals surface area contributed by atoms with E-state index in [0.29, 0.717) is 28.0 Å². The van der Waals surface area contributed by atoms with Gasteiger partial charge in [-0.05, 0) is 85.5 Å². The van der Waals surface area contributed by atoms with E-state index in [2.05, 4.69) is 25.1 Å². The Labute approximate surface area is 340 Å². The maximum absolute atomic E-state index is 11.9. The predicted molar refractivity (Wildman–Crippen MR) is 235 cm³/mol. The van der Waals surface area contributed by atoms with E-state index in [4.69, 9.17) is 4.42 Å². The third kappa shape index (κ3) is 4.68. The molecule has 8 N–H and O–H groups in total. The fourth-order valence-corrected chi connectivity index (χ4v) is 9.52. The first-order valence-electron chi connectivity index (χ1n) is 19.4. The monoisotopic (exact) mass is 790 g/mol. The van der Waals surface area contributed by atoms with Gasteiger partial charge in [-0.15, -0.1) is 0 Å². The molecule has 1 aliphatic carbocycles. The van der Waals surface area contributed by atoms with Crippen molar-refractivity contribution in [2.45, 2.75) is 13.3 Å². The SMILES string of the molecule is CC1C=Cc2cc(-c3c4c(O)c(O)c(O)c(O)c4c(-c4ccc(-c5cccc6oc7ccc8ccccc8c7c56)c5ccccc45)c4c(O)c(O)c(O)c(O)c34)ccc2C1. The lowest BCUT2D eigenvalue weighted by Crippen LogP contribution is -2.03. The quantitative estimate of drug-likeness (QED) is 0.0492. The van der Waals surface area contributed by atoms with Crippen molar-refractivity contribution in [1.82, 2.24) is 0 Å². The fraction of sp³-hybridized carbons (Fsp3) is 0.0588. The van der Waals surface area contributed by atoms with Gasteiger partial charge in [0.05, 0.1) is 0 Å². The smallest absolute Gasteiger partial charge is 0.204 e. The second-order valence-corrected chi connectivity index (χ2v) is 15.6. The van der Waals surface area contributed by atoms with Crippen LogP contribution in [0.4, 0.5) is 0 Å². The molecule has 0 aliphatic heterocycles. The Morgan fingerprint density at radius 1 is 0.450 bits per heavy atom. The molecule has 1 heterocycles. The van der Waals surface area contributed by atoms with Crippen LogP contribution in [0, 0.1) is 5.92 Å². The molecular formula is C51H34O9. The van der Waals surface area contributed by atoms with E-state index in [0.717, 1.165) is 61.2 Å². The van der Waals surface area contributed by atoms with Crippen LogP contribution in [0.1, 0.15) is 18.1 Å². The molecule has 1 atom stereocenters. The second-order valence-electron chi connectivity index (χ2n) is 15.6. The normalized spacial score (nSPS) is 14.0. The molecule has 0 fully saturated rings. The van der Waals surface area contributed by atoms with Crippen LogP contribution >= 0.6 is 0 Å². The van der Waals surface area contributed by atoms with Crippen LogP contribution < -0.4 is 0 Å². The molecule has 11 rings (SSSR count). The van der Waals surface area contributed by atoms with E-state index >= 15 is 0 Å². The van der Waals surface area contributed by atoms with Crippen LogP contribution in [0.25, 0.3) is 104 Å². The van der Waals surface area contributed by atoms with Crippen LogP contribution in [0.2, 0.25) is 0 Å². The standard InChI is InChI=1S/C51H34O9/c1-23-13-14-26-22-27(16-15-25(26)21-23)36-40-42(46(54)50(58)48(56)44(40)52)39(43-41(36)45(53)49(57)51(59)47(43)55)33-19-18-31(29-9-4-5-10-30(29)33)32-11-6-12-34-38(32)37-28-8-3-2-7-24(28)17-20-35(37)60-34/h2-20,22-23,52-59H,21H2,1H3. The third-order valence-corrected chi connectivity index (χ3v) is 12.2. The van der Waals surface area contributed by atoms with Gasteiger partial charge >= 0.3 is 0 Å². The number of benzene rings is 9. The third-order valence-electron chi connectivity index (χ3n) is 12.2. The van der Waals surface area contributed by atoms with Crippen molar-refractivity contribution in [2.24, 2.45) is 5.92 Å². The van der Waals surface area contributed by atoms with Gasteiger partial charge in [0.25, 0.3) is 0 Å². The van der Waals surface area contributed by atoms with Gasteiger partial charge in [0, 0.05) is 43.4 Å². The summed E-state index contributed by atoms with van der Waals surface area (Å²) in [6, 6.07) is 34.5. The molecule has 0 spiro atoms. The van der Waals surface area contributed by atoms with Gasteiger partial charge in [0.1, 0.15) is 11.2 Å². The minimum absolute atomic E-state index is 0.0106. The molecule has 60 heavy (non-hydrogen) atoms. The van der Waals surface area contributed by atoms with Crippen LogP contribution in [0.15, 0.2) is 120 Å². The highest BCUT2D eigenvalue weighted by molar-refractivity contribution is 6.31. The van der Waals surface area contributed by atoms with Crippen molar-refractivity contribution in [3.8, 4) is 79.4 Å². The summed E-state index contributed by atoms with van der Waals surface area (Å²) < 4.78 is 6.40. The summed E-state index contributed by atoms with van der Waals surface area (Å²) in [6.45, 7) is 2.09. The average Bonchev–Trinajstić information content (AvgIpc) is 3.67. The highest BCUT2D eigenvalue weighted by Gasteiger charge is 2.33. The van der Waals surface area contributed by atoms with Gasteiger partial charge in [0.2, 0.25) is 23.0 Å². The van der Waals surface area contributed by atoms with E-state index in [1.54, 1.807) is 18.2 Å². The lowest BCUT2D eigenvalue weighted by Gasteiger charge is -2.24. The molecule has 0 saturated heterocycles. The molecule has 0 saturated carbocycles. The summed E-state index contributed by atoms with van der Waals surface area (Å²) in [6.07, 6.45) is 4.77.